The highest BCUT2D eigenvalue weighted by atomic mass is 32.2. The molecule has 28 heavy (non-hydrogen) atoms. The molecule has 156 valence electrons. The van der Waals surface area contributed by atoms with Crippen molar-refractivity contribution >= 4 is 40.2 Å². The highest BCUT2D eigenvalue weighted by Crippen LogP contribution is 2.34. The van der Waals surface area contributed by atoms with Crippen LogP contribution in [-0.4, -0.2) is 44.8 Å². The van der Waals surface area contributed by atoms with E-state index >= 15 is 0 Å². The van der Waals surface area contributed by atoms with Gasteiger partial charge in [-0.1, -0.05) is 43.9 Å². The number of urea groups is 1. The molecule has 2 N–H and O–H groups in total. The molecule has 0 atom stereocenters. The van der Waals surface area contributed by atoms with Crippen LogP contribution in [0.25, 0.3) is 0 Å². The summed E-state index contributed by atoms with van der Waals surface area (Å²) in [4.78, 5) is 30.4. The number of amides is 2. The van der Waals surface area contributed by atoms with Gasteiger partial charge in [-0.3, -0.25) is 10.1 Å². The van der Waals surface area contributed by atoms with Crippen molar-refractivity contribution in [1.29, 1.82) is 0 Å². The van der Waals surface area contributed by atoms with Crippen LogP contribution in [0.4, 0.5) is 9.93 Å². The number of hydrogen-bond acceptors (Lipinski definition) is 5. The Morgan fingerprint density at radius 2 is 1.86 bits per heavy atom. The maximum Gasteiger partial charge on any atom is 0.324 e. The summed E-state index contributed by atoms with van der Waals surface area (Å²) in [5.74, 6) is -0.0415. The SMILES string of the molecule is CCC1CCC(N(C(=O)Nc2ncc(SCC(=O)O)s2)C2CCCCC2)CC1. The first-order valence-electron chi connectivity index (χ1n) is 10.5. The van der Waals surface area contributed by atoms with Gasteiger partial charge in [-0.15, -0.1) is 11.8 Å². The molecule has 2 amide bonds. The van der Waals surface area contributed by atoms with Crippen LogP contribution in [0.3, 0.4) is 0 Å². The number of rotatable bonds is 7. The van der Waals surface area contributed by atoms with Crippen LogP contribution in [0.1, 0.15) is 71.1 Å². The van der Waals surface area contributed by atoms with Crippen molar-refractivity contribution < 1.29 is 14.7 Å². The normalized spacial score (nSPS) is 23.3. The molecule has 2 aliphatic rings. The topological polar surface area (TPSA) is 82.5 Å². The molecule has 0 bridgehead atoms. The fraction of sp³-hybridized carbons (Fsp3) is 0.750. The Balaban J connectivity index is 1.65. The molecule has 3 rings (SSSR count). The van der Waals surface area contributed by atoms with Gasteiger partial charge in [0.05, 0.1) is 16.2 Å². The molecular weight excluding hydrogens is 394 g/mol. The Morgan fingerprint density at radius 1 is 1.18 bits per heavy atom. The second kappa shape index (κ2) is 10.5. The minimum Gasteiger partial charge on any atom is -0.481 e. The summed E-state index contributed by atoms with van der Waals surface area (Å²) >= 11 is 2.58. The number of thioether (sulfide) groups is 1. The lowest BCUT2D eigenvalue weighted by Gasteiger charge is -2.42. The summed E-state index contributed by atoms with van der Waals surface area (Å²) in [5.41, 5.74) is 0. The molecule has 0 aromatic carbocycles. The molecular formula is C20H31N3O3S2. The van der Waals surface area contributed by atoms with E-state index in [2.05, 4.69) is 22.1 Å². The molecule has 1 aromatic rings. The Labute approximate surface area is 175 Å². The molecule has 2 saturated carbocycles. The average molecular weight is 426 g/mol. The lowest BCUT2D eigenvalue weighted by Crippen LogP contribution is -2.51. The highest BCUT2D eigenvalue weighted by Gasteiger charge is 2.34. The minimum atomic E-state index is -0.852. The van der Waals surface area contributed by atoms with Crippen molar-refractivity contribution in [2.24, 2.45) is 5.92 Å². The van der Waals surface area contributed by atoms with Gasteiger partial charge in [0.2, 0.25) is 0 Å². The van der Waals surface area contributed by atoms with Gasteiger partial charge in [-0.25, -0.2) is 9.78 Å². The molecule has 0 radical (unpaired) electrons. The molecule has 0 aliphatic heterocycles. The average Bonchev–Trinajstić information content (AvgIpc) is 3.15. The van der Waals surface area contributed by atoms with Crippen LogP contribution in [0.5, 0.6) is 0 Å². The Hall–Kier alpha value is -1.28. The third kappa shape index (κ3) is 5.86. The summed E-state index contributed by atoms with van der Waals surface area (Å²) in [6, 6.07) is 0.625. The van der Waals surface area contributed by atoms with E-state index in [0.717, 1.165) is 35.8 Å². The van der Waals surface area contributed by atoms with Gasteiger partial charge >= 0.3 is 12.0 Å². The zero-order valence-electron chi connectivity index (χ0n) is 16.6. The molecule has 1 heterocycles. The van der Waals surface area contributed by atoms with Gasteiger partial charge in [-0.05, 0) is 44.4 Å². The lowest BCUT2D eigenvalue weighted by atomic mass is 9.82. The number of carbonyl (C=O) groups is 2. The number of carbonyl (C=O) groups excluding carboxylic acids is 1. The standard InChI is InChI=1S/C20H31N3O3S2/c1-2-14-8-10-16(11-9-14)23(15-6-4-3-5-7-15)20(26)22-19-21-12-18(28-19)27-13-17(24)25/h12,14-16H,2-11,13H2,1H3,(H,24,25)(H,21,22,26). The number of nitrogens with zero attached hydrogens (tertiary/aromatic N) is 2. The summed E-state index contributed by atoms with van der Waals surface area (Å²) in [5, 5.41) is 12.4. The van der Waals surface area contributed by atoms with Gasteiger partial charge in [-0.2, -0.15) is 0 Å². The molecule has 2 fully saturated rings. The van der Waals surface area contributed by atoms with Gasteiger partial charge in [0.1, 0.15) is 0 Å². The van der Waals surface area contributed by atoms with Crippen molar-refractivity contribution in [3.63, 3.8) is 0 Å². The number of nitrogens with one attached hydrogen (secondary N) is 1. The molecule has 0 saturated heterocycles. The number of carboxylic acids is 1. The van der Waals surface area contributed by atoms with Gasteiger partial charge in [0.15, 0.2) is 5.13 Å². The molecule has 0 spiro atoms. The number of thiazole rings is 1. The van der Waals surface area contributed by atoms with Crippen LogP contribution in [0.2, 0.25) is 0 Å². The number of aromatic nitrogens is 1. The van der Waals surface area contributed by atoms with E-state index in [-0.39, 0.29) is 11.8 Å². The third-order valence-electron chi connectivity index (χ3n) is 6.03. The molecule has 6 nitrogen and oxygen atoms in total. The Kier molecular flexibility index (Phi) is 8.02. The second-order valence-corrected chi connectivity index (χ2v) is 10.2. The predicted molar refractivity (Wildman–Crippen MR) is 114 cm³/mol. The number of hydrogen-bond donors (Lipinski definition) is 2. The van der Waals surface area contributed by atoms with Crippen LogP contribution in [0, 0.1) is 5.92 Å². The van der Waals surface area contributed by atoms with Gasteiger partial charge < -0.3 is 10.0 Å². The van der Waals surface area contributed by atoms with Crippen molar-refractivity contribution in [1.82, 2.24) is 9.88 Å². The first-order chi connectivity index (χ1) is 13.6. The van der Waals surface area contributed by atoms with Crippen LogP contribution >= 0.6 is 23.1 Å². The smallest absolute Gasteiger partial charge is 0.324 e. The third-order valence-corrected chi connectivity index (χ3v) is 8.12. The Morgan fingerprint density at radius 3 is 2.50 bits per heavy atom. The minimum absolute atomic E-state index is 0.00441. The summed E-state index contributed by atoms with van der Waals surface area (Å²) in [6.45, 7) is 2.26. The van der Waals surface area contributed by atoms with Crippen molar-refractivity contribution in [3.8, 4) is 0 Å². The predicted octanol–water partition coefficient (Wildman–Crippen LogP) is 5.46. The lowest BCUT2D eigenvalue weighted by molar-refractivity contribution is -0.133. The fourth-order valence-corrected chi connectivity index (χ4v) is 6.07. The number of anilines is 1. The monoisotopic (exact) mass is 425 g/mol. The largest absolute Gasteiger partial charge is 0.481 e. The molecule has 0 unspecified atom stereocenters. The first-order valence-corrected chi connectivity index (χ1v) is 12.3. The van der Waals surface area contributed by atoms with E-state index in [1.54, 1.807) is 6.20 Å². The van der Waals surface area contributed by atoms with Crippen LogP contribution in [-0.2, 0) is 4.79 Å². The summed E-state index contributed by atoms with van der Waals surface area (Å²) in [7, 11) is 0. The van der Waals surface area contributed by atoms with Crippen molar-refractivity contribution in [2.45, 2.75) is 87.4 Å². The zero-order valence-corrected chi connectivity index (χ0v) is 18.2. The first kappa shape index (κ1) is 21.4. The number of carboxylic acid groups (broad SMARTS) is 1. The van der Waals surface area contributed by atoms with E-state index in [1.165, 1.54) is 61.6 Å². The Bertz CT molecular complexity index is 653. The van der Waals surface area contributed by atoms with Crippen molar-refractivity contribution in [3.05, 3.63) is 6.20 Å². The molecule has 8 heteroatoms. The summed E-state index contributed by atoms with van der Waals surface area (Å²) < 4.78 is 0.811. The number of aliphatic carboxylic acids is 1. The maximum atomic E-state index is 13.2. The van der Waals surface area contributed by atoms with Gasteiger partial charge in [0, 0.05) is 12.1 Å². The van der Waals surface area contributed by atoms with E-state index in [0.29, 0.717) is 17.2 Å². The van der Waals surface area contributed by atoms with Crippen LogP contribution < -0.4 is 5.32 Å². The van der Waals surface area contributed by atoms with E-state index in [4.69, 9.17) is 5.11 Å². The quantitative estimate of drug-likeness (QED) is 0.567. The second-order valence-electron chi connectivity index (χ2n) is 7.88. The maximum absolute atomic E-state index is 13.2. The highest BCUT2D eigenvalue weighted by molar-refractivity contribution is 8.01. The van der Waals surface area contributed by atoms with Crippen LogP contribution in [0.15, 0.2) is 10.4 Å². The van der Waals surface area contributed by atoms with Gasteiger partial charge in [0.25, 0.3) is 0 Å². The molecule has 2 aliphatic carbocycles. The fourth-order valence-electron chi connectivity index (χ4n) is 4.49. The van der Waals surface area contributed by atoms with E-state index < -0.39 is 5.97 Å². The zero-order chi connectivity index (χ0) is 19.9. The summed E-state index contributed by atoms with van der Waals surface area (Å²) in [6.07, 6.45) is 13.4. The van der Waals surface area contributed by atoms with E-state index in [1.807, 2.05) is 0 Å². The van der Waals surface area contributed by atoms with E-state index in [9.17, 15) is 9.59 Å². The molecule has 1 aromatic heterocycles. The van der Waals surface area contributed by atoms with Crippen molar-refractivity contribution in [2.75, 3.05) is 11.1 Å².